The molecule has 0 radical (unpaired) electrons. The fourth-order valence-corrected chi connectivity index (χ4v) is 3.96. The highest BCUT2D eigenvalue weighted by Crippen LogP contribution is 2.30. The summed E-state index contributed by atoms with van der Waals surface area (Å²) in [5.41, 5.74) is 4.55. The maximum absolute atomic E-state index is 14.9. The van der Waals surface area contributed by atoms with E-state index in [9.17, 15) is 4.39 Å². The van der Waals surface area contributed by atoms with E-state index in [1.807, 2.05) is 49.0 Å². The van der Waals surface area contributed by atoms with Gasteiger partial charge in [0, 0.05) is 10.3 Å². The molecule has 0 N–H and O–H groups in total. The van der Waals surface area contributed by atoms with E-state index in [2.05, 4.69) is 29.6 Å². The molecular weight excluding hydrogens is 317 g/mol. The zero-order valence-electron chi connectivity index (χ0n) is 13.6. The van der Waals surface area contributed by atoms with Gasteiger partial charge in [-0.15, -0.1) is 11.3 Å². The quantitative estimate of drug-likeness (QED) is 0.426. The van der Waals surface area contributed by atoms with E-state index in [1.165, 1.54) is 10.1 Å². The number of aromatic nitrogens is 1. The molecule has 24 heavy (non-hydrogen) atoms. The van der Waals surface area contributed by atoms with Crippen LogP contribution < -0.4 is 4.57 Å². The van der Waals surface area contributed by atoms with Crippen LogP contribution in [0, 0.1) is 12.7 Å². The third-order valence-corrected chi connectivity index (χ3v) is 5.26. The first-order valence-electron chi connectivity index (χ1n) is 7.86. The Balaban J connectivity index is 1.86. The van der Waals surface area contributed by atoms with Gasteiger partial charge < -0.3 is 0 Å². The lowest BCUT2D eigenvalue weighted by molar-refractivity contribution is -0.661. The lowest BCUT2D eigenvalue weighted by atomic mass is 10.0. The number of benzene rings is 2. The number of fused-ring (bicyclic) bond motifs is 1. The minimum atomic E-state index is -0.199. The number of pyridine rings is 1. The molecule has 4 aromatic rings. The van der Waals surface area contributed by atoms with Crippen molar-refractivity contribution in [3.8, 4) is 22.4 Å². The number of nitrogens with zero attached hydrogens (tertiary/aromatic N) is 1. The van der Waals surface area contributed by atoms with E-state index < -0.39 is 0 Å². The molecular formula is C21H17FNS+. The summed E-state index contributed by atoms with van der Waals surface area (Å²) < 4.78 is 18.0. The molecule has 0 saturated heterocycles. The second-order valence-electron chi connectivity index (χ2n) is 6.02. The highest BCUT2D eigenvalue weighted by molar-refractivity contribution is 7.17. The van der Waals surface area contributed by atoms with Gasteiger partial charge in [0.2, 0.25) is 5.69 Å². The predicted molar refractivity (Wildman–Crippen MR) is 98.6 cm³/mol. The van der Waals surface area contributed by atoms with Crippen LogP contribution in [-0.4, -0.2) is 0 Å². The van der Waals surface area contributed by atoms with Gasteiger partial charge >= 0.3 is 0 Å². The Morgan fingerprint density at radius 2 is 1.79 bits per heavy atom. The van der Waals surface area contributed by atoms with Crippen molar-refractivity contribution in [3.63, 3.8) is 0 Å². The molecule has 0 saturated carbocycles. The lowest BCUT2D eigenvalue weighted by Gasteiger charge is -2.08. The van der Waals surface area contributed by atoms with Gasteiger partial charge in [-0.05, 0) is 53.1 Å². The standard InChI is InChI=1S/C21H17FNS/c1-14-5-3-4-6-18(14)21-19(22)11-17(13-23(21)2)16-8-7-15-9-10-24-20(15)12-16/h3-13H,1-2H3/q+1. The molecule has 0 fully saturated rings. The highest BCUT2D eigenvalue weighted by atomic mass is 32.1. The van der Waals surface area contributed by atoms with E-state index in [-0.39, 0.29) is 5.82 Å². The first-order chi connectivity index (χ1) is 11.6. The van der Waals surface area contributed by atoms with Gasteiger partial charge in [-0.3, -0.25) is 0 Å². The van der Waals surface area contributed by atoms with Crippen molar-refractivity contribution in [1.82, 2.24) is 0 Å². The highest BCUT2D eigenvalue weighted by Gasteiger charge is 2.20. The number of halogens is 1. The first kappa shape index (κ1) is 15.0. The van der Waals surface area contributed by atoms with Crippen molar-refractivity contribution in [3.05, 3.63) is 77.6 Å². The molecule has 0 aliphatic heterocycles. The topological polar surface area (TPSA) is 3.88 Å². The van der Waals surface area contributed by atoms with E-state index in [1.54, 1.807) is 17.4 Å². The minimum absolute atomic E-state index is 0.199. The Kier molecular flexibility index (Phi) is 3.66. The molecule has 0 bridgehead atoms. The van der Waals surface area contributed by atoms with Crippen LogP contribution in [0.1, 0.15) is 5.56 Å². The number of hydrogen-bond acceptors (Lipinski definition) is 1. The summed E-state index contributed by atoms with van der Waals surface area (Å²) in [4.78, 5) is 0. The summed E-state index contributed by atoms with van der Waals surface area (Å²) in [7, 11) is 1.90. The minimum Gasteiger partial charge on any atom is -0.200 e. The molecule has 0 aliphatic rings. The second kappa shape index (κ2) is 5.84. The van der Waals surface area contributed by atoms with Crippen molar-refractivity contribution >= 4 is 21.4 Å². The van der Waals surface area contributed by atoms with Crippen LogP contribution in [0.3, 0.4) is 0 Å². The van der Waals surface area contributed by atoms with Crippen LogP contribution in [0.2, 0.25) is 0 Å². The molecule has 0 unspecified atom stereocenters. The molecule has 4 rings (SSSR count). The monoisotopic (exact) mass is 334 g/mol. The summed E-state index contributed by atoms with van der Waals surface area (Å²) in [6.45, 7) is 2.01. The summed E-state index contributed by atoms with van der Waals surface area (Å²) >= 11 is 1.71. The number of hydrogen-bond donors (Lipinski definition) is 0. The van der Waals surface area contributed by atoms with Crippen molar-refractivity contribution in [2.24, 2.45) is 7.05 Å². The Labute approximate surface area is 144 Å². The molecule has 0 spiro atoms. The normalized spacial score (nSPS) is 11.1. The van der Waals surface area contributed by atoms with Gasteiger partial charge in [-0.1, -0.05) is 30.3 Å². The predicted octanol–water partition coefficient (Wildman–Crippen LogP) is 5.51. The smallest absolute Gasteiger partial charge is 0.200 e. The molecule has 3 heteroatoms. The van der Waals surface area contributed by atoms with E-state index in [4.69, 9.17) is 0 Å². The average Bonchev–Trinajstić information content (AvgIpc) is 3.03. The van der Waals surface area contributed by atoms with Crippen LogP contribution in [0.4, 0.5) is 4.39 Å². The molecule has 0 aliphatic carbocycles. The molecule has 2 aromatic heterocycles. The first-order valence-corrected chi connectivity index (χ1v) is 8.74. The van der Waals surface area contributed by atoms with Gasteiger partial charge in [0.1, 0.15) is 7.05 Å². The zero-order chi connectivity index (χ0) is 16.7. The maximum atomic E-state index is 14.9. The van der Waals surface area contributed by atoms with Crippen LogP contribution in [-0.2, 0) is 7.05 Å². The third-order valence-electron chi connectivity index (χ3n) is 4.38. The van der Waals surface area contributed by atoms with Gasteiger partial charge in [-0.25, -0.2) is 0 Å². The largest absolute Gasteiger partial charge is 0.248 e. The van der Waals surface area contributed by atoms with Crippen molar-refractivity contribution in [2.75, 3.05) is 0 Å². The van der Waals surface area contributed by atoms with E-state index >= 15 is 0 Å². The molecule has 2 aromatic carbocycles. The third kappa shape index (κ3) is 2.51. The summed E-state index contributed by atoms with van der Waals surface area (Å²) in [6, 6.07) is 17.9. The van der Waals surface area contributed by atoms with Crippen LogP contribution in [0.25, 0.3) is 32.5 Å². The van der Waals surface area contributed by atoms with Crippen molar-refractivity contribution in [2.45, 2.75) is 6.92 Å². The van der Waals surface area contributed by atoms with Gasteiger partial charge in [0.15, 0.2) is 12.0 Å². The molecule has 2 heterocycles. The Morgan fingerprint density at radius 1 is 0.958 bits per heavy atom. The van der Waals surface area contributed by atoms with Crippen molar-refractivity contribution in [1.29, 1.82) is 0 Å². The Morgan fingerprint density at radius 3 is 2.58 bits per heavy atom. The van der Waals surface area contributed by atoms with Crippen LogP contribution in [0.15, 0.2) is 66.2 Å². The number of rotatable bonds is 2. The van der Waals surface area contributed by atoms with Crippen molar-refractivity contribution < 1.29 is 8.96 Å². The average molecular weight is 334 g/mol. The summed E-state index contributed by atoms with van der Waals surface area (Å²) in [5, 5.41) is 3.31. The molecule has 1 nitrogen and oxygen atoms in total. The summed E-state index contributed by atoms with van der Waals surface area (Å²) in [5.74, 6) is -0.199. The molecule has 0 atom stereocenters. The second-order valence-corrected chi connectivity index (χ2v) is 6.97. The van der Waals surface area contributed by atoms with Gasteiger partial charge in [0.25, 0.3) is 0 Å². The van der Waals surface area contributed by atoms with Crippen LogP contribution >= 0.6 is 11.3 Å². The molecule has 118 valence electrons. The van der Waals surface area contributed by atoms with Gasteiger partial charge in [0.05, 0.1) is 5.56 Å². The fraction of sp³-hybridized carbons (Fsp3) is 0.0952. The number of thiophene rings is 1. The fourth-order valence-electron chi connectivity index (χ4n) is 3.13. The summed E-state index contributed by atoms with van der Waals surface area (Å²) in [6.07, 6.45) is 2.00. The SMILES string of the molecule is Cc1ccccc1-c1c(F)cc(-c2ccc3ccsc3c2)c[n+]1C. The Bertz CT molecular complexity index is 1030. The molecule has 0 amide bonds. The van der Waals surface area contributed by atoms with E-state index in [0.29, 0.717) is 5.69 Å². The van der Waals surface area contributed by atoms with E-state index in [0.717, 1.165) is 22.3 Å². The van der Waals surface area contributed by atoms with Crippen LogP contribution in [0.5, 0.6) is 0 Å². The number of aryl methyl sites for hydroxylation is 2. The maximum Gasteiger partial charge on any atom is 0.248 e. The van der Waals surface area contributed by atoms with Gasteiger partial charge in [-0.2, -0.15) is 8.96 Å². The Hall–Kier alpha value is -2.52. The zero-order valence-corrected chi connectivity index (χ0v) is 14.4. The lowest BCUT2D eigenvalue weighted by Crippen LogP contribution is -2.32.